The zero-order chi connectivity index (χ0) is 25.7. The first-order valence-electron chi connectivity index (χ1n) is 12.9. The van der Waals surface area contributed by atoms with E-state index in [0.29, 0.717) is 31.6 Å². The molecule has 1 unspecified atom stereocenters. The van der Waals surface area contributed by atoms with Crippen LogP contribution in [0.2, 0.25) is 0 Å². The Labute approximate surface area is 213 Å². The third-order valence-corrected chi connectivity index (χ3v) is 7.02. The van der Waals surface area contributed by atoms with Crippen molar-refractivity contribution in [1.82, 2.24) is 10.2 Å². The number of nitrogens with one attached hydrogen (secondary N) is 1. The van der Waals surface area contributed by atoms with E-state index in [2.05, 4.69) is 12.2 Å². The molecule has 6 heteroatoms. The first-order valence-corrected chi connectivity index (χ1v) is 12.9. The Morgan fingerprint density at radius 1 is 1.00 bits per heavy atom. The summed E-state index contributed by atoms with van der Waals surface area (Å²) in [6.45, 7) is 7.32. The van der Waals surface area contributed by atoms with Gasteiger partial charge in [0.25, 0.3) is 5.91 Å². The SMILES string of the molecule is CCCCNC(=O)C(C)N(Cc1ccccc1C)C(=O)CCCN1C(=O)c2cccc3cccc1c23. The molecule has 0 bridgehead atoms. The fraction of sp³-hybridized carbons (Fsp3) is 0.367. The van der Waals surface area contributed by atoms with E-state index in [-0.39, 0.29) is 24.1 Å². The standard InChI is InChI=1S/C30H35N3O3/c1-4-5-18-31-29(35)22(3)33(20-24-12-7-6-11-21(24)2)27(34)17-10-19-32-26-16-9-14-23-13-8-15-25(28(23)26)30(32)36/h6-9,11-16,22H,4-5,10,17-20H2,1-3H3,(H,31,35). The molecule has 1 N–H and O–H groups in total. The second kappa shape index (κ2) is 11.4. The van der Waals surface area contributed by atoms with Gasteiger partial charge in [-0.2, -0.15) is 0 Å². The molecule has 0 spiro atoms. The highest BCUT2D eigenvalue weighted by molar-refractivity contribution is 6.25. The predicted octanol–water partition coefficient (Wildman–Crippen LogP) is 5.22. The number of rotatable bonds is 11. The summed E-state index contributed by atoms with van der Waals surface area (Å²) >= 11 is 0. The van der Waals surface area contributed by atoms with Crippen molar-refractivity contribution in [2.75, 3.05) is 18.0 Å². The van der Waals surface area contributed by atoms with Crippen LogP contribution in [0.1, 0.15) is 61.0 Å². The van der Waals surface area contributed by atoms with Crippen LogP contribution in [0.4, 0.5) is 5.69 Å². The summed E-state index contributed by atoms with van der Waals surface area (Å²) in [4.78, 5) is 42.8. The highest BCUT2D eigenvalue weighted by atomic mass is 16.2. The molecular formula is C30H35N3O3. The number of carbonyl (C=O) groups is 3. The van der Waals surface area contributed by atoms with E-state index in [9.17, 15) is 14.4 Å². The molecule has 0 aromatic heterocycles. The zero-order valence-corrected chi connectivity index (χ0v) is 21.4. The molecule has 4 rings (SSSR count). The first kappa shape index (κ1) is 25.4. The van der Waals surface area contributed by atoms with Crippen LogP contribution < -0.4 is 10.2 Å². The van der Waals surface area contributed by atoms with E-state index in [4.69, 9.17) is 0 Å². The normalized spacial score (nSPS) is 13.2. The third kappa shape index (κ3) is 5.27. The van der Waals surface area contributed by atoms with Crippen molar-refractivity contribution in [3.05, 3.63) is 77.4 Å². The fourth-order valence-electron chi connectivity index (χ4n) is 4.82. The lowest BCUT2D eigenvalue weighted by atomic mass is 10.1. The molecule has 3 amide bonds. The van der Waals surface area contributed by atoms with Gasteiger partial charge in [0, 0.05) is 37.0 Å². The van der Waals surface area contributed by atoms with Gasteiger partial charge in [-0.25, -0.2) is 0 Å². The highest BCUT2D eigenvalue weighted by Crippen LogP contribution is 2.37. The number of carbonyl (C=O) groups excluding carboxylic acids is 3. The van der Waals surface area contributed by atoms with Crippen LogP contribution in [0, 0.1) is 6.92 Å². The van der Waals surface area contributed by atoms with Gasteiger partial charge in [0.15, 0.2) is 0 Å². The lowest BCUT2D eigenvalue weighted by Crippen LogP contribution is -2.48. The Hall–Kier alpha value is -3.67. The molecule has 0 aliphatic carbocycles. The maximum absolute atomic E-state index is 13.4. The van der Waals surface area contributed by atoms with Gasteiger partial charge in [0.05, 0.1) is 5.69 Å². The van der Waals surface area contributed by atoms with Crippen LogP contribution in [0.25, 0.3) is 10.8 Å². The number of nitrogens with zero attached hydrogens (tertiary/aromatic N) is 2. The number of amides is 3. The number of aryl methyl sites for hydroxylation is 1. The molecule has 0 fully saturated rings. The maximum atomic E-state index is 13.4. The Morgan fingerprint density at radius 3 is 2.50 bits per heavy atom. The van der Waals surface area contributed by atoms with Gasteiger partial charge >= 0.3 is 0 Å². The van der Waals surface area contributed by atoms with Crippen molar-refractivity contribution in [2.45, 2.75) is 59.0 Å². The van der Waals surface area contributed by atoms with Crippen LogP contribution in [0.5, 0.6) is 0 Å². The maximum Gasteiger partial charge on any atom is 0.258 e. The minimum absolute atomic E-state index is 0.0188. The van der Waals surface area contributed by atoms with Crippen LogP contribution >= 0.6 is 0 Å². The molecule has 188 valence electrons. The van der Waals surface area contributed by atoms with Crippen molar-refractivity contribution in [3.63, 3.8) is 0 Å². The third-order valence-electron chi connectivity index (χ3n) is 7.02. The Morgan fingerprint density at radius 2 is 1.75 bits per heavy atom. The van der Waals surface area contributed by atoms with E-state index in [1.165, 1.54) is 0 Å². The van der Waals surface area contributed by atoms with E-state index in [0.717, 1.165) is 40.4 Å². The molecule has 6 nitrogen and oxygen atoms in total. The summed E-state index contributed by atoms with van der Waals surface area (Å²) in [6.07, 6.45) is 2.68. The van der Waals surface area contributed by atoms with Gasteiger partial charge in [-0.3, -0.25) is 14.4 Å². The number of anilines is 1. The summed E-state index contributed by atoms with van der Waals surface area (Å²) in [5.41, 5.74) is 3.73. The lowest BCUT2D eigenvalue weighted by Gasteiger charge is -2.29. The predicted molar refractivity (Wildman–Crippen MR) is 144 cm³/mol. The van der Waals surface area contributed by atoms with Crippen molar-refractivity contribution in [2.24, 2.45) is 0 Å². The molecule has 0 saturated heterocycles. The molecule has 1 heterocycles. The smallest absolute Gasteiger partial charge is 0.258 e. The second-order valence-electron chi connectivity index (χ2n) is 9.51. The fourth-order valence-corrected chi connectivity index (χ4v) is 4.82. The number of benzene rings is 3. The van der Waals surface area contributed by atoms with Crippen LogP contribution in [-0.4, -0.2) is 41.8 Å². The number of hydrogen-bond donors (Lipinski definition) is 1. The van der Waals surface area contributed by atoms with Crippen LogP contribution in [-0.2, 0) is 16.1 Å². The molecular weight excluding hydrogens is 450 g/mol. The van der Waals surface area contributed by atoms with Crippen LogP contribution in [0.3, 0.4) is 0 Å². The van der Waals surface area contributed by atoms with Crippen molar-refractivity contribution < 1.29 is 14.4 Å². The first-order chi connectivity index (χ1) is 17.4. The van der Waals surface area contributed by atoms with Gasteiger partial charge in [-0.1, -0.05) is 61.9 Å². The minimum atomic E-state index is -0.583. The summed E-state index contributed by atoms with van der Waals surface area (Å²) < 4.78 is 0. The molecule has 0 saturated carbocycles. The summed E-state index contributed by atoms with van der Waals surface area (Å²) in [6, 6.07) is 19.1. The van der Waals surface area contributed by atoms with E-state index in [1.54, 1.807) is 16.7 Å². The topological polar surface area (TPSA) is 69.7 Å². The molecule has 3 aromatic carbocycles. The molecule has 3 aromatic rings. The monoisotopic (exact) mass is 485 g/mol. The number of unbranched alkanes of at least 4 members (excludes halogenated alkanes) is 1. The summed E-state index contributed by atoms with van der Waals surface area (Å²) in [7, 11) is 0. The van der Waals surface area contributed by atoms with Gasteiger partial charge in [-0.15, -0.1) is 0 Å². The summed E-state index contributed by atoms with van der Waals surface area (Å²) in [5.74, 6) is -0.240. The van der Waals surface area contributed by atoms with Gasteiger partial charge in [-0.05, 0) is 55.3 Å². The van der Waals surface area contributed by atoms with E-state index >= 15 is 0 Å². The second-order valence-corrected chi connectivity index (χ2v) is 9.51. The van der Waals surface area contributed by atoms with Gasteiger partial charge < -0.3 is 15.1 Å². The highest BCUT2D eigenvalue weighted by Gasteiger charge is 2.30. The Balaban J connectivity index is 1.45. The van der Waals surface area contributed by atoms with Gasteiger partial charge in [0.2, 0.25) is 11.8 Å². The largest absolute Gasteiger partial charge is 0.354 e. The van der Waals surface area contributed by atoms with E-state index < -0.39 is 6.04 Å². The zero-order valence-electron chi connectivity index (χ0n) is 21.4. The molecule has 36 heavy (non-hydrogen) atoms. The summed E-state index contributed by atoms with van der Waals surface area (Å²) in [5, 5.41) is 4.99. The van der Waals surface area contributed by atoms with Crippen molar-refractivity contribution >= 4 is 34.2 Å². The average Bonchev–Trinajstić information content (AvgIpc) is 3.16. The number of hydrogen-bond acceptors (Lipinski definition) is 3. The quantitative estimate of drug-likeness (QED) is 0.379. The molecule has 1 atom stereocenters. The lowest BCUT2D eigenvalue weighted by molar-refractivity contribution is -0.140. The molecule has 1 aliphatic rings. The van der Waals surface area contributed by atoms with Crippen molar-refractivity contribution in [1.29, 1.82) is 0 Å². The molecule has 0 radical (unpaired) electrons. The Kier molecular flexibility index (Phi) is 8.04. The molecule has 1 aliphatic heterocycles. The van der Waals surface area contributed by atoms with Crippen LogP contribution in [0.15, 0.2) is 60.7 Å². The van der Waals surface area contributed by atoms with Crippen molar-refractivity contribution in [3.8, 4) is 0 Å². The van der Waals surface area contributed by atoms with E-state index in [1.807, 2.05) is 67.6 Å². The Bertz CT molecular complexity index is 1260. The minimum Gasteiger partial charge on any atom is -0.354 e. The average molecular weight is 486 g/mol. The van der Waals surface area contributed by atoms with Gasteiger partial charge in [0.1, 0.15) is 6.04 Å².